The highest BCUT2D eigenvalue weighted by Crippen LogP contribution is 2.18. The largest absolute Gasteiger partial charge is 0.494 e. The van der Waals surface area contributed by atoms with E-state index in [0.29, 0.717) is 0 Å². The van der Waals surface area contributed by atoms with Gasteiger partial charge >= 0.3 is 0 Å². The quantitative estimate of drug-likeness (QED) is 0.678. The molecule has 0 spiro atoms. The summed E-state index contributed by atoms with van der Waals surface area (Å²) < 4.78 is 5.52. The summed E-state index contributed by atoms with van der Waals surface area (Å²) in [4.78, 5) is 0. The van der Waals surface area contributed by atoms with Crippen LogP contribution in [0.1, 0.15) is 24.5 Å². The second-order valence-electron chi connectivity index (χ2n) is 4.17. The second-order valence-corrected chi connectivity index (χ2v) is 4.17. The fourth-order valence-corrected chi connectivity index (χ4v) is 1.76. The van der Waals surface area contributed by atoms with Crippen molar-refractivity contribution in [3.05, 3.63) is 29.3 Å². The highest BCUT2D eigenvalue weighted by atomic mass is 16.5. The molecule has 1 aromatic rings. The predicted octanol–water partition coefficient (Wildman–Crippen LogP) is 2.09. The fraction of sp³-hybridized carbons (Fsp3) is 0.571. The summed E-state index contributed by atoms with van der Waals surface area (Å²) in [7, 11) is 1.98. The minimum absolute atomic E-state index is 0.725. The molecule has 0 saturated heterocycles. The molecule has 0 aliphatic carbocycles. The minimum atomic E-state index is 0.725. The van der Waals surface area contributed by atoms with Crippen LogP contribution in [-0.2, 0) is 6.54 Å². The van der Waals surface area contributed by atoms with E-state index in [1.165, 1.54) is 11.1 Å². The molecule has 0 bridgehead atoms. The maximum absolute atomic E-state index is 5.52. The molecule has 3 nitrogen and oxygen atoms in total. The van der Waals surface area contributed by atoms with Crippen molar-refractivity contribution in [3.8, 4) is 5.75 Å². The standard InChI is InChI=1S/C14H24N2O/c1-4-17-14-7-6-13(10-12(14)2)11-16-9-5-8-15-3/h6-7,10,15-16H,4-5,8-9,11H2,1-3H3. The van der Waals surface area contributed by atoms with Gasteiger partial charge in [0.25, 0.3) is 0 Å². The molecule has 2 N–H and O–H groups in total. The van der Waals surface area contributed by atoms with E-state index in [9.17, 15) is 0 Å². The topological polar surface area (TPSA) is 33.3 Å². The number of hydrogen-bond donors (Lipinski definition) is 2. The molecule has 1 rings (SSSR count). The van der Waals surface area contributed by atoms with E-state index >= 15 is 0 Å². The van der Waals surface area contributed by atoms with Crippen LogP contribution in [0, 0.1) is 6.92 Å². The summed E-state index contributed by atoms with van der Waals surface area (Å²) in [5, 5.41) is 6.57. The van der Waals surface area contributed by atoms with Crippen LogP contribution in [0.2, 0.25) is 0 Å². The fourth-order valence-electron chi connectivity index (χ4n) is 1.76. The van der Waals surface area contributed by atoms with Crippen molar-refractivity contribution in [2.24, 2.45) is 0 Å². The summed E-state index contributed by atoms with van der Waals surface area (Å²) in [6, 6.07) is 6.38. The van der Waals surface area contributed by atoms with Crippen LogP contribution in [-0.4, -0.2) is 26.7 Å². The van der Waals surface area contributed by atoms with E-state index in [2.05, 4.69) is 35.8 Å². The van der Waals surface area contributed by atoms with E-state index in [0.717, 1.165) is 38.4 Å². The van der Waals surface area contributed by atoms with Crippen molar-refractivity contribution in [2.75, 3.05) is 26.7 Å². The Kier molecular flexibility index (Phi) is 6.67. The predicted molar refractivity (Wildman–Crippen MR) is 72.6 cm³/mol. The van der Waals surface area contributed by atoms with E-state index in [4.69, 9.17) is 4.74 Å². The number of ether oxygens (including phenoxy) is 1. The number of rotatable bonds is 8. The molecular weight excluding hydrogens is 212 g/mol. The van der Waals surface area contributed by atoms with Crippen molar-refractivity contribution in [2.45, 2.75) is 26.8 Å². The van der Waals surface area contributed by atoms with Crippen molar-refractivity contribution >= 4 is 0 Å². The first-order valence-electron chi connectivity index (χ1n) is 6.35. The lowest BCUT2D eigenvalue weighted by atomic mass is 10.1. The molecule has 0 radical (unpaired) electrons. The van der Waals surface area contributed by atoms with Gasteiger partial charge in [0.15, 0.2) is 0 Å². The maximum atomic E-state index is 5.52. The maximum Gasteiger partial charge on any atom is 0.122 e. The van der Waals surface area contributed by atoms with Crippen LogP contribution in [0.3, 0.4) is 0 Å². The molecule has 0 aliphatic rings. The summed E-state index contributed by atoms with van der Waals surface area (Å²) in [6.45, 7) is 7.87. The Morgan fingerprint density at radius 1 is 1.24 bits per heavy atom. The lowest BCUT2D eigenvalue weighted by Crippen LogP contribution is -2.19. The van der Waals surface area contributed by atoms with Crippen LogP contribution >= 0.6 is 0 Å². The number of nitrogens with one attached hydrogen (secondary N) is 2. The van der Waals surface area contributed by atoms with Gasteiger partial charge in [0.05, 0.1) is 6.61 Å². The molecule has 1 aromatic carbocycles. The van der Waals surface area contributed by atoms with E-state index < -0.39 is 0 Å². The first-order valence-corrected chi connectivity index (χ1v) is 6.35. The van der Waals surface area contributed by atoms with Crippen molar-refractivity contribution in [1.82, 2.24) is 10.6 Å². The van der Waals surface area contributed by atoms with Gasteiger partial charge in [0, 0.05) is 6.54 Å². The molecule has 96 valence electrons. The van der Waals surface area contributed by atoms with Gasteiger partial charge in [-0.05, 0) is 57.6 Å². The third-order valence-electron chi connectivity index (χ3n) is 2.65. The summed E-state index contributed by atoms with van der Waals surface area (Å²) in [5.41, 5.74) is 2.52. The van der Waals surface area contributed by atoms with Crippen molar-refractivity contribution < 1.29 is 4.74 Å². The zero-order chi connectivity index (χ0) is 12.5. The van der Waals surface area contributed by atoms with Crippen LogP contribution in [0.5, 0.6) is 5.75 Å². The summed E-state index contributed by atoms with van der Waals surface area (Å²) in [6.07, 6.45) is 1.16. The molecular formula is C14H24N2O. The third-order valence-corrected chi connectivity index (χ3v) is 2.65. The van der Waals surface area contributed by atoms with Gasteiger partial charge in [0.2, 0.25) is 0 Å². The number of aryl methyl sites for hydroxylation is 1. The van der Waals surface area contributed by atoms with Gasteiger partial charge in [-0.1, -0.05) is 12.1 Å². The molecule has 17 heavy (non-hydrogen) atoms. The van der Waals surface area contributed by atoms with Gasteiger partial charge in [-0.15, -0.1) is 0 Å². The lowest BCUT2D eigenvalue weighted by Gasteiger charge is -2.10. The Labute approximate surface area is 105 Å². The molecule has 0 aliphatic heterocycles. The highest BCUT2D eigenvalue weighted by Gasteiger charge is 2.00. The number of hydrogen-bond acceptors (Lipinski definition) is 3. The van der Waals surface area contributed by atoms with Crippen molar-refractivity contribution in [1.29, 1.82) is 0 Å². The Hall–Kier alpha value is -1.06. The Morgan fingerprint density at radius 2 is 2.06 bits per heavy atom. The van der Waals surface area contributed by atoms with E-state index in [1.807, 2.05) is 14.0 Å². The first kappa shape index (κ1) is 14.0. The average molecular weight is 236 g/mol. The monoisotopic (exact) mass is 236 g/mol. The summed E-state index contributed by atoms with van der Waals surface area (Å²) >= 11 is 0. The Morgan fingerprint density at radius 3 is 2.71 bits per heavy atom. The van der Waals surface area contributed by atoms with Crippen LogP contribution in [0.15, 0.2) is 18.2 Å². The highest BCUT2D eigenvalue weighted by molar-refractivity contribution is 5.36. The van der Waals surface area contributed by atoms with E-state index in [1.54, 1.807) is 0 Å². The van der Waals surface area contributed by atoms with Crippen LogP contribution < -0.4 is 15.4 Å². The average Bonchev–Trinajstić information content (AvgIpc) is 2.32. The third kappa shape index (κ3) is 5.20. The van der Waals surface area contributed by atoms with Crippen LogP contribution in [0.4, 0.5) is 0 Å². The molecule has 3 heteroatoms. The smallest absolute Gasteiger partial charge is 0.122 e. The van der Waals surface area contributed by atoms with E-state index in [-0.39, 0.29) is 0 Å². The van der Waals surface area contributed by atoms with Gasteiger partial charge in [-0.2, -0.15) is 0 Å². The minimum Gasteiger partial charge on any atom is -0.494 e. The Balaban J connectivity index is 2.36. The molecule has 0 saturated carbocycles. The lowest BCUT2D eigenvalue weighted by molar-refractivity contribution is 0.338. The molecule has 0 fully saturated rings. The first-order chi connectivity index (χ1) is 8.27. The van der Waals surface area contributed by atoms with Gasteiger partial charge in [-0.3, -0.25) is 0 Å². The SMILES string of the molecule is CCOc1ccc(CNCCCNC)cc1C. The second kappa shape index (κ2) is 8.09. The molecule has 0 aromatic heterocycles. The van der Waals surface area contributed by atoms with Gasteiger partial charge < -0.3 is 15.4 Å². The molecule has 0 heterocycles. The number of benzene rings is 1. The Bertz CT molecular complexity index is 326. The summed E-state index contributed by atoms with van der Waals surface area (Å²) in [5.74, 6) is 0.992. The van der Waals surface area contributed by atoms with Gasteiger partial charge in [-0.25, -0.2) is 0 Å². The van der Waals surface area contributed by atoms with Crippen LogP contribution in [0.25, 0.3) is 0 Å². The van der Waals surface area contributed by atoms with Crippen molar-refractivity contribution in [3.63, 3.8) is 0 Å². The zero-order valence-electron chi connectivity index (χ0n) is 11.2. The zero-order valence-corrected chi connectivity index (χ0v) is 11.2. The molecule has 0 unspecified atom stereocenters. The molecule has 0 atom stereocenters. The van der Waals surface area contributed by atoms with Gasteiger partial charge in [0.1, 0.15) is 5.75 Å². The normalized spacial score (nSPS) is 10.5. The molecule has 0 amide bonds.